The highest BCUT2D eigenvalue weighted by Gasteiger charge is 2.13. The van der Waals surface area contributed by atoms with E-state index in [9.17, 15) is 0 Å². The van der Waals surface area contributed by atoms with Crippen LogP contribution in [0.5, 0.6) is 0 Å². The Morgan fingerprint density at radius 1 is 1.12 bits per heavy atom. The van der Waals surface area contributed by atoms with Crippen molar-refractivity contribution >= 4 is 11.0 Å². The van der Waals surface area contributed by atoms with Crippen molar-refractivity contribution in [2.24, 2.45) is 0 Å². The summed E-state index contributed by atoms with van der Waals surface area (Å²) in [6.45, 7) is 2.94. The lowest BCUT2D eigenvalue weighted by molar-refractivity contribution is 0.432. The van der Waals surface area contributed by atoms with Crippen molar-refractivity contribution in [3.8, 4) is 28.9 Å². The Bertz CT molecular complexity index is 1070. The van der Waals surface area contributed by atoms with Gasteiger partial charge in [0.25, 0.3) is 5.89 Å². The molecule has 0 radical (unpaired) electrons. The van der Waals surface area contributed by atoms with Crippen LogP contribution in [0, 0.1) is 11.3 Å². The molecule has 0 aliphatic rings. The number of hydrogen-bond donors (Lipinski definition) is 0. The second kappa shape index (κ2) is 6.17. The number of fused-ring (bicyclic) bond motifs is 1. The van der Waals surface area contributed by atoms with Gasteiger partial charge in [-0.15, -0.1) is 5.10 Å². The van der Waals surface area contributed by atoms with Crippen molar-refractivity contribution in [3.63, 3.8) is 0 Å². The van der Waals surface area contributed by atoms with Crippen molar-refractivity contribution in [3.05, 3.63) is 48.0 Å². The molecule has 7 heteroatoms. The van der Waals surface area contributed by atoms with Gasteiger partial charge in [-0.2, -0.15) is 10.2 Å². The van der Waals surface area contributed by atoms with Gasteiger partial charge in [-0.1, -0.05) is 17.3 Å². The molecule has 0 bridgehead atoms. The molecule has 4 rings (SSSR count). The van der Waals surface area contributed by atoms with E-state index < -0.39 is 0 Å². The summed E-state index contributed by atoms with van der Waals surface area (Å²) in [4.78, 5) is 4.44. The van der Waals surface area contributed by atoms with Gasteiger partial charge in [0.1, 0.15) is 5.52 Å². The van der Waals surface area contributed by atoms with Crippen LogP contribution in [0.15, 0.2) is 47.0 Å². The third-order valence-electron chi connectivity index (χ3n) is 3.89. The summed E-state index contributed by atoms with van der Waals surface area (Å²) in [7, 11) is 0. The number of nitriles is 1. The lowest BCUT2D eigenvalue weighted by atomic mass is 10.1. The van der Waals surface area contributed by atoms with Crippen LogP contribution >= 0.6 is 0 Å². The quantitative estimate of drug-likeness (QED) is 0.569. The topological polar surface area (TPSA) is 93.4 Å². The molecule has 0 atom stereocenters. The van der Waals surface area contributed by atoms with E-state index in [0.717, 1.165) is 35.1 Å². The number of hydrogen-bond acceptors (Lipinski definition) is 6. The molecule has 0 unspecified atom stereocenters. The van der Waals surface area contributed by atoms with E-state index in [-0.39, 0.29) is 0 Å². The average Bonchev–Trinajstić information content (AvgIpc) is 3.29. The zero-order valence-electron chi connectivity index (χ0n) is 13.5. The molecule has 2 heterocycles. The zero-order chi connectivity index (χ0) is 17.2. The second-order valence-electron chi connectivity index (χ2n) is 5.63. The SMILES string of the molecule is CCCn1nnc2cc(-c3noc(-c4ccc(C#N)cc4)n3)ccc21. The molecule has 0 amide bonds. The highest BCUT2D eigenvalue weighted by molar-refractivity contribution is 5.80. The Kier molecular flexibility index (Phi) is 3.71. The lowest BCUT2D eigenvalue weighted by Crippen LogP contribution is -1.98. The minimum absolute atomic E-state index is 0.411. The van der Waals surface area contributed by atoms with Crippen LogP contribution in [-0.4, -0.2) is 25.1 Å². The van der Waals surface area contributed by atoms with Gasteiger partial charge in [-0.3, -0.25) is 0 Å². The van der Waals surface area contributed by atoms with Gasteiger partial charge in [0.15, 0.2) is 0 Å². The Labute approximate surface area is 143 Å². The number of nitrogens with zero attached hydrogens (tertiary/aromatic N) is 6. The van der Waals surface area contributed by atoms with Crippen LogP contribution in [0.3, 0.4) is 0 Å². The number of aryl methyl sites for hydroxylation is 1. The fourth-order valence-corrected chi connectivity index (χ4v) is 2.63. The van der Waals surface area contributed by atoms with Gasteiger partial charge in [-0.25, -0.2) is 4.68 Å². The highest BCUT2D eigenvalue weighted by atomic mass is 16.5. The monoisotopic (exact) mass is 330 g/mol. The van der Waals surface area contributed by atoms with Crippen molar-refractivity contribution in [2.75, 3.05) is 0 Å². The van der Waals surface area contributed by atoms with Crippen molar-refractivity contribution in [1.29, 1.82) is 5.26 Å². The first kappa shape index (κ1) is 15.0. The smallest absolute Gasteiger partial charge is 0.258 e. The minimum atomic E-state index is 0.411. The summed E-state index contributed by atoms with van der Waals surface area (Å²) < 4.78 is 7.24. The largest absolute Gasteiger partial charge is 0.334 e. The number of rotatable bonds is 4. The van der Waals surface area contributed by atoms with E-state index in [1.54, 1.807) is 24.3 Å². The maximum absolute atomic E-state index is 8.86. The average molecular weight is 330 g/mol. The molecule has 4 aromatic rings. The molecule has 0 spiro atoms. The highest BCUT2D eigenvalue weighted by Crippen LogP contribution is 2.24. The number of aromatic nitrogens is 5. The molecular weight excluding hydrogens is 316 g/mol. The van der Waals surface area contributed by atoms with Gasteiger partial charge >= 0.3 is 0 Å². The first-order chi connectivity index (χ1) is 12.3. The van der Waals surface area contributed by atoms with Gasteiger partial charge in [0.2, 0.25) is 5.82 Å². The normalized spacial score (nSPS) is 10.9. The van der Waals surface area contributed by atoms with Gasteiger partial charge < -0.3 is 4.52 Å². The van der Waals surface area contributed by atoms with Crippen LogP contribution in [0.4, 0.5) is 0 Å². The van der Waals surface area contributed by atoms with Gasteiger partial charge in [0, 0.05) is 17.7 Å². The van der Waals surface area contributed by atoms with Crippen molar-refractivity contribution in [1.82, 2.24) is 25.1 Å². The van der Waals surface area contributed by atoms with E-state index in [0.29, 0.717) is 17.3 Å². The van der Waals surface area contributed by atoms with Crippen molar-refractivity contribution < 1.29 is 4.52 Å². The zero-order valence-corrected chi connectivity index (χ0v) is 13.5. The molecule has 0 N–H and O–H groups in total. The fourth-order valence-electron chi connectivity index (χ4n) is 2.63. The van der Waals surface area contributed by atoms with Crippen LogP contribution in [0.25, 0.3) is 33.9 Å². The summed E-state index contributed by atoms with van der Waals surface area (Å²) in [5.41, 5.74) is 3.97. The summed E-state index contributed by atoms with van der Waals surface area (Å²) in [6.07, 6.45) is 0.999. The Hall–Kier alpha value is -3.53. The molecular formula is C18H14N6O. The molecule has 0 aliphatic carbocycles. The summed E-state index contributed by atoms with van der Waals surface area (Å²) in [5, 5.41) is 21.3. The molecule has 2 aromatic carbocycles. The summed E-state index contributed by atoms with van der Waals surface area (Å²) in [6, 6.07) is 14.9. The molecule has 0 saturated heterocycles. The van der Waals surface area contributed by atoms with E-state index >= 15 is 0 Å². The molecule has 2 aromatic heterocycles. The van der Waals surface area contributed by atoms with Crippen LogP contribution in [0.2, 0.25) is 0 Å². The predicted octanol–water partition coefficient (Wildman–Crippen LogP) is 3.43. The van der Waals surface area contributed by atoms with Crippen LogP contribution in [-0.2, 0) is 6.54 Å². The maximum atomic E-state index is 8.86. The first-order valence-corrected chi connectivity index (χ1v) is 7.96. The fraction of sp³-hybridized carbons (Fsp3) is 0.167. The Morgan fingerprint density at radius 2 is 1.92 bits per heavy atom. The van der Waals surface area contributed by atoms with Crippen molar-refractivity contribution in [2.45, 2.75) is 19.9 Å². The minimum Gasteiger partial charge on any atom is -0.334 e. The van der Waals surface area contributed by atoms with E-state index in [1.807, 2.05) is 22.9 Å². The van der Waals surface area contributed by atoms with E-state index in [2.05, 4.69) is 33.4 Å². The summed E-state index contributed by atoms with van der Waals surface area (Å²) >= 11 is 0. The first-order valence-electron chi connectivity index (χ1n) is 7.96. The molecule has 25 heavy (non-hydrogen) atoms. The van der Waals surface area contributed by atoms with Gasteiger partial charge in [-0.05, 0) is 48.9 Å². The predicted molar refractivity (Wildman–Crippen MR) is 91.3 cm³/mol. The van der Waals surface area contributed by atoms with Crippen LogP contribution in [0.1, 0.15) is 18.9 Å². The third kappa shape index (κ3) is 2.74. The van der Waals surface area contributed by atoms with Crippen LogP contribution < -0.4 is 0 Å². The van der Waals surface area contributed by atoms with Gasteiger partial charge in [0.05, 0.1) is 17.1 Å². The number of benzene rings is 2. The lowest BCUT2D eigenvalue weighted by Gasteiger charge is -1.99. The molecule has 0 saturated carbocycles. The Balaban J connectivity index is 1.67. The standard InChI is InChI=1S/C18H14N6O/c1-2-9-24-16-8-7-14(10-15(16)21-23-24)17-20-18(25-22-17)13-5-3-12(11-19)4-6-13/h3-8,10H,2,9H2,1H3. The van der Waals surface area contributed by atoms with E-state index in [4.69, 9.17) is 9.78 Å². The Morgan fingerprint density at radius 3 is 2.68 bits per heavy atom. The second-order valence-corrected chi connectivity index (χ2v) is 5.63. The molecule has 0 aliphatic heterocycles. The summed E-state index contributed by atoms with van der Waals surface area (Å²) in [5.74, 6) is 0.903. The van der Waals surface area contributed by atoms with E-state index in [1.165, 1.54) is 0 Å². The maximum Gasteiger partial charge on any atom is 0.258 e. The molecule has 7 nitrogen and oxygen atoms in total. The molecule has 122 valence electrons. The third-order valence-corrected chi connectivity index (χ3v) is 3.89. The molecule has 0 fully saturated rings.